The van der Waals surface area contributed by atoms with Gasteiger partial charge in [-0.3, -0.25) is 0 Å². The second kappa shape index (κ2) is 20.8. The fourth-order valence-corrected chi connectivity index (χ4v) is 5.53. The summed E-state index contributed by atoms with van der Waals surface area (Å²) in [6.45, 7) is 4.33. The predicted octanol–water partition coefficient (Wildman–Crippen LogP) is 7.15. The zero-order valence-corrected chi connectivity index (χ0v) is 27.6. The fraction of sp³-hybridized carbons (Fsp3) is 0.263. The molecule has 0 aliphatic heterocycles. The van der Waals surface area contributed by atoms with Gasteiger partial charge in [-0.2, -0.15) is 0 Å². The van der Waals surface area contributed by atoms with Gasteiger partial charge in [-0.05, 0) is 85.7 Å². The Bertz CT molecular complexity index is 1450. The number of rotatable bonds is 16. The van der Waals surface area contributed by atoms with Crippen molar-refractivity contribution in [3.8, 4) is 23.7 Å². The Hall–Kier alpha value is -4.18. The summed E-state index contributed by atoms with van der Waals surface area (Å²) in [7, 11) is 0. The van der Waals surface area contributed by atoms with Gasteiger partial charge in [0.15, 0.2) is 12.2 Å². The largest absolute Gasteiger partial charge is 0.479 e. The van der Waals surface area contributed by atoms with Crippen LogP contribution >= 0.6 is 23.5 Å². The highest BCUT2D eigenvalue weighted by molar-refractivity contribution is 7.99. The molecule has 0 bridgehead atoms. The molecule has 3 aromatic carbocycles. The molecule has 0 saturated heterocycles. The van der Waals surface area contributed by atoms with Crippen LogP contribution in [-0.2, 0) is 31.9 Å². The first-order valence-corrected chi connectivity index (χ1v) is 16.9. The van der Waals surface area contributed by atoms with Crippen LogP contribution < -0.4 is 0 Å². The number of carboxylic acids is 2. The summed E-state index contributed by atoms with van der Waals surface area (Å²) in [6, 6.07) is 23.6. The molecule has 8 heteroatoms. The van der Waals surface area contributed by atoms with Crippen molar-refractivity contribution in [3.63, 3.8) is 0 Å². The minimum absolute atomic E-state index is 0.349. The van der Waals surface area contributed by atoms with Crippen molar-refractivity contribution in [1.29, 1.82) is 0 Å². The smallest absolute Gasteiger partial charge is 0.333 e. The molecule has 0 aliphatic carbocycles. The predicted molar refractivity (Wildman–Crippen MR) is 186 cm³/mol. The molecule has 0 spiro atoms. The van der Waals surface area contributed by atoms with Crippen LogP contribution in [0.15, 0.2) is 107 Å². The second-order valence-corrected chi connectivity index (χ2v) is 12.0. The lowest BCUT2D eigenvalue weighted by Crippen LogP contribution is -2.26. The summed E-state index contributed by atoms with van der Waals surface area (Å²) in [5.74, 6) is 12.1. The van der Waals surface area contributed by atoms with E-state index in [2.05, 4.69) is 23.7 Å². The van der Waals surface area contributed by atoms with Gasteiger partial charge in [-0.15, -0.1) is 23.5 Å². The van der Waals surface area contributed by atoms with E-state index in [0.717, 1.165) is 43.6 Å². The van der Waals surface area contributed by atoms with Gasteiger partial charge in [0.1, 0.15) is 0 Å². The van der Waals surface area contributed by atoms with Crippen LogP contribution in [0.2, 0.25) is 0 Å². The Kier molecular flexibility index (Phi) is 16.4. The molecule has 6 nitrogen and oxygen atoms in total. The molecule has 0 radical (unpaired) electrons. The Morgan fingerprint density at radius 3 is 1.35 bits per heavy atom. The van der Waals surface area contributed by atoms with Crippen molar-refractivity contribution >= 4 is 35.5 Å². The number of benzene rings is 3. The summed E-state index contributed by atoms with van der Waals surface area (Å²) >= 11 is 3.37. The van der Waals surface area contributed by atoms with Gasteiger partial charge >= 0.3 is 11.9 Å². The van der Waals surface area contributed by atoms with Crippen LogP contribution in [-0.4, -0.2) is 59.1 Å². The minimum Gasteiger partial charge on any atom is -0.479 e. The van der Waals surface area contributed by atoms with E-state index in [4.69, 9.17) is 9.47 Å². The number of ether oxygens (including phenoxy) is 2. The molecule has 0 heterocycles. The average Bonchev–Trinajstić information content (AvgIpc) is 3.05. The quantitative estimate of drug-likeness (QED) is 0.124. The van der Waals surface area contributed by atoms with Crippen LogP contribution in [0.5, 0.6) is 0 Å². The molecule has 2 atom stereocenters. The van der Waals surface area contributed by atoms with Gasteiger partial charge in [0, 0.05) is 58.5 Å². The van der Waals surface area contributed by atoms with Gasteiger partial charge in [0.25, 0.3) is 0 Å². The monoisotopic (exact) mass is 654 g/mol. The van der Waals surface area contributed by atoms with Gasteiger partial charge in [0.2, 0.25) is 0 Å². The summed E-state index contributed by atoms with van der Waals surface area (Å²) in [4.78, 5) is 24.8. The van der Waals surface area contributed by atoms with Crippen LogP contribution in [0.3, 0.4) is 0 Å². The van der Waals surface area contributed by atoms with E-state index in [0.29, 0.717) is 26.1 Å². The molecule has 46 heavy (non-hydrogen) atoms. The zero-order chi connectivity index (χ0) is 33.0. The molecule has 0 saturated carbocycles. The van der Waals surface area contributed by atoms with Crippen molar-refractivity contribution in [2.24, 2.45) is 0 Å². The summed E-state index contributed by atoms with van der Waals surface area (Å²) in [5, 5.41) is 18.5. The Labute approximate surface area is 280 Å². The molecule has 238 valence electrons. The third kappa shape index (κ3) is 13.9. The SMILES string of the molecule is CCOC(Cc1ccc(SCC=CC#Cc2ccc(C#CC=CCSc3ccc(CC(OCC)C(=O)O)cc3)cc2)cc1)C(=O)O. The van der Waals surface area contributed by atoms with Gasteiger partial charge < -0.3 is 19.7 Å². The maximum Gasteiger partial charge on any atom is 0.333 e. The topological polar surface area (TPSA) is 93.1 Å². The van der Waals surface area contributed by atoms with E-state index < -0.39 is 24.1 Å². The molecule has 3 rings (SSSR count). The normalized spacial score (nSPS) is 12.2. The standard InChI is InChI=1S/C38H38O6S2/c1-3-43-35(37(39)40)27-31-17-21-33(22-18-31)45-25-9-5-7-11-29-13-15-30(16-14-29)12-8-6-10-26-46-34-23-19-32(20-24-34)28-36(38(41)42)44-4-2/h5-6,9-10,13-24,35-36H,3-4,25-28H2,1-2H3,(H,39,40)(H,41,42). The van der Waals surface area contributed by atoms with E-state index in [1.807, 2.05) is 97.1 Å². The highest BCUT2D eigenvalue weighted by Crippen LogP contribution is 2.20. The number of hydrogen-bond donors (Lipinski definition) is 2. The molecule has 0 fully saturated rings. The first-order chi connectivity index (χ1) is 22.4. The minimum atomic E-state index is -0.943. The van der Waals surface area contributed by atoms with Crippen LogP contribution in [0.1, 0.15) is 36.1 Å². The molecule has 2 unspecified atom stereocenters. The third-order valence-corrected chi connectivity index (χ3v) is 8.32. The van der Waals surface area contributed by atoms with E-state index >= 15 is 0 Å². The number of thioether (sulfide) groups is 2. The van der Waals surface area contributed by atoms with E-state index in [1.165, 1.54) is 0 Å². The van der Waals surface area contributed by atoms with E-state index in [-0.39, 0.29) is 0 Å². The Morgan fingerprint density at radius 1 is 0.652 bits per heavy atom. The van der Waals surface area contributed by atoms with Crippen molar-refractivity contribution in [1.82, 2.24) is 0 Å². The van der Waals surface area contributed by atoms with Gasteiger partial charge in [-0.25, -0.2) is 9.59 Å². The molecule has 0 amide bonds. The van der Waals surface area contributed by atoms with Crippen molar-refractivity contribution < 1.29 is 29.3 Å². The van der Waals surface area contributed by atoms with Crippen LogP contribution in [0.4, 0.5) is 0 Å². The van der Waals surface area contributed by atoms with Crippen LogP contribution in [0, 0.1) is 23.7 Å². The number of aliphatic carboxylic acids is 2. The van der Waals surface area contributed by atoms with Crippen molar-refractivity contribution in [2.45, 2.75) is 48.7 Å². The number of allylic oxidation sites excluding steroid dienone is 2. The first kappa shape index (κ1) is 36.3. The van der Waals surface area contributed by atoms with Gasteiger partial charge in [-0.1, -0.05) is 60.1 Å². The lowest BCUT2D eigenvalue weighted by atomic mass is 10.1. The molecular weight excluding hydrogens is 617 g/mol. The highest BCUT2D eigenvalue weighted by atomic mass is 32.2. The molecule has 3 aromatic rings. The average molecular weight is 655 g/mol. The summed E-state index contributed by atoms with van der Waals surface area (Å²) in [5.41, 5.74) is 3.70. The maximum atomic E-state index is 11.3. The molecular formula is C38H38O6S2. The summed E-state index contributed by atoms with van der Waals surface area (Å²) in [6.07, 6.45) is 6.79. The highest BCUT2D eigenvalue weighted by Gasteiger charge is 2.18. The molecule has 0 aromatic heterocycles. The second-order valence-electron chi connectivity index (χ2n) is 9.80. The Balaban J connectivity index is 1.36. The van der Waals surface area contributed by atoms with Crippen molar-refractivity contribution in [3.05, 3.63) is 119 Å². The van der Waals surface area contributed by atoms with Gasteiger partial charge in [0.05, 0.1) is 0 Å². The molecule has 0 aliphatic rings. The van der Waals surface area contributed by atoms with Crippen molar-refractivity contribution in [2.75, 3.05) is 24.7 Å². The molecule has 2 N–H and O–H groups in total. The number of hydrogen-bond acceptors (Lipinski definition) is 6. The third-order valence-electron chi connectivity index (χ3n) is 6.39. The van der Waals surface area contributed by atoms with E-state index in [1.54, 1.807) is 37.4 Å². The number of carbonyl (C=O) groups is 2. The zero-order valence-electron chi connectivity index (χ0n) is 26.0. The van der Waals surface area contributed by atoms with Crippen LogP contribution in [0.25, 0.3) is 0 Å². The summed E-state index contributed by atoms with van der Waals surface area (Å²) < 4.78 is 10.6. The maximum absolute atomic E-state index is 11.3. The Morgan fingerprint density at radius 2 is 1.02 bits per heavy atom. The number of carboxylic acid groups (broad SMARTS) is 2. The van der Waals surface area contributed by atoms with E-state index in [9.17, 15) is 19.8 Å². The lowest BCUT2D eigenvalue weighted by molar-refractivity contribution is -0.150. The lowest BCUT2D eigenvalue weighted by Gasteiger charge is -2.12. The first-order valence-electron chi connectivity index (χ1n) is 14.9. The fourth-order valence-electron chi connectivity index (χ4n) is 4.10.